The third-order valence-corrected chi connectivity index (χ3v) is 5.49. The molecule has 0 spiro atoms. The van der Waals surface area contributed by atoms with Gasteiger partial charge in [-0.2, -0.15) is 0 Å². The molecule has 1 unspecified atom stereocenters. The molecule has 0 saturated carbocycles. The normalized spacial score (nSPS) is 12.0. The SMILES string of the molecule is O=C(Nc1ccccc1F)C(Cc1ccccc1)c1nc2ccccc2s1. The Labute approximate surface area is 160 Å². The zero-order valence-electron chi connectivity index (χ0n) is 14.4. The zero-order valence-corrected chi connectivity index (χ0v) is 15.2. The number of hydrogen-bond acceptors (Lipinski definition) is 3. The van der Waals surface area contributed by atoms with Crippen LogP contribution in [0.1, 0.15) is 16.5 Å². The number of carbonyl (C=O) groups excluding carboxylic acids is 1. The highest BCUT2D eigenvalue weighted by molar-refractivity contribution is 7.18. The van der Waals surface area contributed by atoms with E-state index in [-0.39, 0.29) is 11.6 Å². The zero-order chi connectivity index (χ0) is 18.6. The first-order valence-electron chi connectivity index (χ1n) is 8.65. The number of para-hydroxylation sites is 2. The third-order valence-electron chi connectivity index (χ3n) is 4.34. The number of rotatable bonds is 5. The van der Waals surface area contributed by atoms with E-state index in [9.17, 15) is 9.18 Å². The first-order chi connectivity index (χ1) is 13.2. The van der Waals surface area contributed by atoms with Gasteiger partial charge in [0.15, 0.2) is 0 Å². The number of fused-ring (bicyclic) bond motifs is 1. The quantitative estimate of drug-likeness (QED) is 0.507. The molecule has 4 aromatic rings. The Balaban J connectivity index is 1.68. The lowest BCUT2D eigenvalue weighted by molar-refractivity contribution is -0.117. The van der Waals surface area contributed by atoms with Crippen molar-refractivity contribution in [3.05, 3.63) is 95.3 Å². The van der Waals surface area contributed by atoms with Gasteiger partial charge >= 0.3 is 0 Å². The van der Waals surface area contributed by atoms with Crippen molar-refractivity contribution < 1.29 is 9.18 Å². The first-order valence-corrected chi connectivity index (χ1v) is 9.47. The minimum absolute atomic E-state index is 0.182. The summed E-state index contributed by atoms with van der Waals surface area (Å²) >= 11 is 1.50. The Bertz CT molecular complexity index is 1040. The molecule has 134 valence electrons. The monoisotopic (exact) mass is 376 g/mol. The number of thiazole rings is 1. The Morgan fingerprint density at radius 3 is 2.44 bits per heavy atom. The van der Waals surface area contributed by atoms with E-state index in [0.717, 1.165) is 20.8 Å². The largest absolute Gasteiger partial charge is 0.323 e. The van der Waals surface area contributed by atoms with Gasteiger partial charge in [-0.1, -0.05) is 54.6 Å². The predicted octanol–water partition coefficient (Wildman–Crippen LogP) is 5.40. The molecule has 1 aromatic heterocycles. The van der Waals surface area contributed by atoms with E-state index in [1.54, 1.807) is 18.2 Å². The first kappa shape index (κ1) is 17.4. The second-order valence-electron chi connectivity index (χ2n) is 6.23. The number of aromatic nitrogens is 1. The molecule has 3 nitrogen and oxygen atoms in total. The summed E-state index contributed by atoms with van der Waals surface area (Å²) in [5.74, 6) is -1.21. The average molecular weight is 376 g/mol. The summed E-state index contributed by atoms with van der Waals surface area (Å²) in [6.07, 6.45) is 0.501. The summed E-state index contributed by atoms with van der Waals surface area (Å²) in [7, 11) is 0. The van der Waals surface area contributed by atoms with Crippen molar-refractivity contribution in [3.8, 4) is 0 Å². The Morgan fingerprint density at radius 1 is 0.963 bits per heavy atom. The lowest BCUT2D eigenvalue weighted by Gasteiger charge is -2.15. The highest BCUT2D eigenvalue weighted by Gasteiger charge is 2.25. The van der Waals surface area contributed by atoms with E-state index in [1.807, 2.05) is 54.6 Å². The highest BCUT2D eigenvalue weighted by atomic mass is 32.1. The van der Waals surface area contributed by atoms with Crippen molar-refractivity contribution in [3.63, 3.8) is 0 Å². The third kappa shape index (κ3) is 3.88. The van der Waals surface area contributed by atoms with Crippen molar-refractivity contribution in [1.82, 2.24) is 4.98 Å². The molecule has 0 saturated heterocycles. The number of nitrogens with zero attached hydrogens (tertiary/aromatic N) is 1. The number of hydrogen-bond donors (Lipinski definition) is 1. The van der Waals surface area contributed by atoms with Crippen LogP contribution in [0, 0.1) is 5.82 Å². The number of nitrogens with one attached hydrogen (secondary N) is 1. The molecule has 0 radical (unpaired) electrons. The molecule has 1 heterocycles. The summed E-state index contributed by atoms with van der Waals surface area (Å²) < 4.78 is 15.0. The summed E-state index contributed by atoms with van der Waals surface area (Å²) in [5.41, 5.74) is 2.08. The van der Waals surface area contributed by atoms with Gasteiger partial charge < -0.3 is 5.32 Å². The summed E-state index contributed by atoms with van der Waals surface area (Å²) in [6.45, 7) is 0. The molecule has 0 fully saturated rings. The molecule has 4 rings (SSSR count). The predicted molar refractivity (Wildman–Crippen MR) is 108 cm³/mol. The number of halogens is 1. The van der Waals surface area contributed by atoms with Gasteiger partial charge in [0.05, 0.1) is 21.8 Å². The van der Waals surface area contributed by atoms with Gasteiger partial charge in [-0.05, 0) is 36.2 Å². The Kier molecular flexibility index (Phi) is 4.94. The highest BCUT2D eigenvalue weighted by Crippen LogP contribution is 2.31. The van der Waals surface area contributed by atoms with Gasteiger partial charge in [0.2, 0.25) is 5.91 Å². The maximum atomic E-state index is 14.0. The molecule has 5 heteroatoms. The minimum atomic E-state index is -0.496. The average Bonchev–Trinajstić information content (AvgIpc) is 3.12. The van der Waals surface area contributed by atoms with Crippen LogP contribution in [0.3, 0.4) is 0 Å². The Hall–Kier alpha value is -3.05. The molecule has 1 amide bonds. The number of anilines is 1. The van der Waals surface area contributed by atoms with Gasteiger partial charge in [-0.3, -0.25) is 4.79 Å². The van der Waals surface area contributed by atoms with Crippen LogP contribution in [0.2, 0.25) is 0 Å². The van der Waals surface area contributed by atoms with E-state index in [1.165, 1.54) is 17.4 Å². The van der Waals surface area contributed by atoms with Crippen LogP contribution in [-0.2, 0) is 11.2 Å². The fourth-order valence-electron chi connectivity index (χ4n) is 2.96. The molecule has 3 aromatic carbocycles. The maximum absolute atomic E-state index is 14.0. The van der Waals surface area contributed by atoms with Crippen molar-refractivity contribution in [2.24, 2.45) is 0 Å². The van der Waals surface area contributed by atoms with E-state index < -0.39 is 11.7 Å². The van der Waals surface area contributed by atoms with Crippen LogP contribution < -0.4 is 5.32 Å². The van der Waals surface area contributed by atoms with Crippen LogP contribution in [-0.4, -0.2) is 10.9 Å². The molecule has 0 aliphatic carbocycles. The van der Waals surface area contributed by atoms with Crippen LogP contribution in [0.25, 0.3) is 10.2 Å². The lowest BCUT2D eigenvalue weighted by atomic mass is 9.99. The number of amides is 1. The van der Waals surface area contributed by atoms with Gasteiger partial charge in [-0.15, -0.1) is 11.3 Å². The second-order valence-corrected chi connectivity index (χ2v) is 7.29. The lowest BCUT2D eigenvalue weighted by Crippen LogP contribution is -2.23. The van der Waals surface area contributed by atoms with Gasteiger partial charge in [0, 0.05) is 0 Å². The summed E-state index contributed by atoms with van der Waals surface area (Å²) in [5, 5.41) is 3.46. The Morgan fingerprint density at radius 2 is 1.67 bits per heavy atom. The molecular formula is C22H17FN2OS. The van der Waals surface area contributed by atoms with Crippen LogP contribution in [0.5, 0.6) is 0 Å². The van der Waals surface area contributed by atoms with E-state index >= 15 is 0 Å². The van der Waals surface area contributed by atoms with Crippen LogP contribution in [0.4, 0.5) is 10.1 Å². The van der Waals surface area contributed by atoms with Crippen molar-refractivity contribution in [2.45, 2.75) is 12.3 Å². The standard InChI is InChI=1S/C22H17FN2OS/c23-17-10-4-5-11-18(17)24-21(26)16(14-15-8-2-1-3-9-15)22-25-19-12-6-7-13-20(19)27-22/h1-13,16H,14H2,(H,24,26). The fraction of sp³-hybridized carbons (Fsp3) is 0.0909. The van der Waals surface area contributed by atoms with E-state index in [4.69, 9.17) is 0 Å². The summed E-state index contributed by atoms with van der Waals surface area (Å²) in [6, 6.07) is 23.8. The molecule has 27 heavy (non-hydrogen) atoms. The van der Waals surface area contributed by atoms with E-state index in [2.05, 4.69) is 10.3 Å². The van der Waals surface area contributed by atoms with Crippen molar-refractivity contribution in [1.29, 1.82) is 0 Å². The topological polar surface area (TPSA) is 42.0 Å². The van der Waals surface area contributed by atoms with E-state index in [0.29, 0.717) is 6.42 Å². The molecule has 0 aliphatic heterocycles. The maximum Gasteiger partial charge on any atom is 0.234 e. The molecule has 0 bridgehead atoms. The van der Waals surface area contributed by atoms with Gasteiger partial charge in [-0.25, -0.2) is 9.37 Å². The molecule has 1 N–H and O–H groups in total. The number of benzene rings is 3. The molecule has 0 aliphatic rings. The molecular weight excluding hydrogens is 359 g/mol. The van der Waals surface area contributed by atoms with Gasteiger partial charge in [0.1, 0.15) is 10.8 Å². The minimum Gasteiger partial charge on any atom is -0.323 e. The van der Waals surface area contributed by atoms with Crippen LogP contribution >= 0.6 is 11.3 Å². The second kappa shape index (κ2) is 7.68. The van der Waals surface area contributed by atoms with Gasteiger partial charge in [0.25, 0.3) is 0 Å². The number of carbonyl (C=O) groups is 1. The molecule has 1 atom stereocenters. The fourth-order valence-corrected chi connectivity index (χ4v) is 4.03. The smallest absolute Gasteiger partial charge is 0.234 e. The summed E-state index contributed by atoms with van der Waals surface area (Å²) in [4.78, 5) is 17.7. The van der Waals surface area contributed by atoms with Crippen molar-refractivity contribution >= 4 is 33.1 Å². The van der Waals surface area contributed by atoms with Crippen molar-refractivity contribution in [2.75, 3.05) is 5.32 Å². The van der Waals surface area contributed by atoms with Crippen LogP contribution in [0.15, 0.2) is 78.9 Å².